The predicted molar refractivity (Wildman–Crippen MR) is 113 cm³/mol. The van der Waals surface area contributed by atoms with Crippen LogP contribution in [0.15, 0.2) is 65.1 Å². The Morgan fingerprint density at radius 3 is 2.13 bits per heavy atom. The normalized spacial score (nSPS) is 10.6. The summed E-state index contributed by atoms with van der Waals surface area (Å²) in [5.41, 5.74) is 3.11. The summed E-state index contributed by atoms with van der Waals surface area (Å²) in [6.07, 6.45) is 0. The first kappa shape index (κ1) is 19.3. The van der Waals surface area contributed by atoms with E-state index in [0.29, 0.717) is 39.7 Å². The molecule has 0 aliphatic heterocycles. The number of hydrogen-bond donors (Lipinski definition) is 1. The van der Waals surface area contributed by atoms with Crippen LogP contribution >= 0.6 is 0 Å². The van der Waals surface area contributed by atoms with E-state index in [2.05, 4.69) is 10.3 Å². The van der Waals surface area contributed by atoms with Crippen molar-refractivity contribution in [3.8, 4) is 28.7 Å². The summed E-state index contributed by atoms with van der Waals surface area (Å²) in [7, 11) is 4.69. The third-order valence-corrected chi connectivity index (χ3v) is 4.60. The van der Waals surface area contributed by atoms with E-state index in [-0.39, 0.29) is 5.91 Å². The van der Waals surface area contributed by atoms with Crippen molar-refractivity contribution in [2.24, 2.45) is 0 Å². The van der Waals surface area contributed by atoms with Crippen molar-refractivity contribution in [2.45, 2.75) is 0 Å². The highest BCUT2D eigenvalue weighted by Gasteiger charge is 2.13. The van der Waals surface area contributed by atoms with Crippen LogP contribution in [0, 0.1) is 0 Å². The number of methoxy groups -OCH3 is 3. The molecular formula is C23H20N2O5. The number of carbonyl (C=O) groups is 1. The van der Waals surface area contributed by atoms with Gasteiger partial charge in [0.2, 0.25) is 5.89 Å². The van der Waals surface area contributed by atoms with E-state index in [4.69, 9.17) is 18.6 Å². The first-order chi connectivity index (χ1) is 14.6. The van der Waals surface area contributed by atoms with E-state index in [1.165, 1.54) is 14.2 Å². The SMILES string of the molecule is COc1ccc(-c2nc3ccc(NC(=O)c4cc(OC)cc(OC)c4)cc3o2)cc1. The molecule has 1 N–H and O–H groups in total. The van der Waals surface area contributed by atoms with Gasteiger partial charge in [-0.05, 0) is 48.5 Å². The van der Waals surface area contributed by atoms with Gasteiger partial charge < -0.3 is 23.9 Å². The van der Waals surface area contributed by atoms with Crippen LogP contribution in [-0.4, -0.2) is 32.2 Å². The number of hydrogen-bond acceptors (Lipinski definition) is 6. The molecule has 7 heteroatoms. The van der Waals surface area contributed by atoms with Gasteiger partial charge in [-0.25, -0.2) is 4.98 Å². The molecule has 3 aromatic carbocycles. The highest BCUT2D eigenvalue weighted by Crippen LogP contribution is 2.28. The Morgan fingerprint density at radius 2 is 1.50 bits per heavy atom. The molecule has 0 aliphatic carbocycles. The van der Waals surface area contributed by atoms with Crippen LogP contribution in [-0.2, 0) is 0 Å². The molecule has 0 fully saturated rings. The molecule has 4 aromatic rings. The molecule has 0 bridgehead atoms. The maximum Gasteiger partial charge on any atom is 0.255 e. The van der Waals surface area contributed by atoms with E-state index >= 15 is 0 Å². The lowest BCUT2D eigenvalue weighted by molar-refractivity contribution is 0.102. The summed E-state index contributed by atoms with van der Waals surface area (Å²) in [4.78, 5) is 17.2. The van der Waals surface area contributed by atoms with E-state index in [1.54, 1.807) is 43.5 Å². The average Bonchev–Trinajstić information content (AvgIpc) is 3.22. The summed E-state index contributed by atoms with van der Waals surface area (Å²) in [5, 5.41) is 2.86. The van der Waals surface area contributed by atoms with Crippen molar-refractivity contribution in [1.29, 1.82) is 0 Å². The minimum atomic E-state index is -0.290. The van der Waals surface area contributed by atoms with Gasteiger partial charge in [0.05, 0.1) is 21.3 Å². The smallest absolute Gasteiger partial charge is 0.255 e. The van der Waals surface area contributed by atoms with Crippen LogP contribution in [0.4, 0.5) is 5.69 Å². The zero-order valence-electron chi connectivity index (χ0n) is 16.8. The van der Waals surface area contributed by atoms with Gasteiger partial charge in [-0.3, -0.25) is 4.79 Å². The van der Waals surface area contributed by atoms with Crippen LogP contribution in [0.3, 0.4) is 0 Å². The minimum Gasteiger partial charge on any atom is -0.497 e. The number of anilines is 1. The molecular weight excluding hydrogens is 384 g/mol. The van der Waals surface area contributed by atoms with Crippen LogP contribution in [0.1, 0.15) is 10.4 Å². The number of rotatable bonds is 6. The molecule has 1 aromatic heterocycles. The quantitative estimate of drug-likeness (QED) is 0.498. The molecule has 4 rings (SSSR count). The average molecular weight is 404 g/mol. The van der Waals surface area contributed by atoms with E-state index in [9.17, 15) is 4.79 Å². The van der Waals surface area contributed by atoms with Crippen molar-refractivity contribution in [1.82, 2.24) is 4.98 Å². The first-order valence-corrected chi connectivity index (χ1v) is 9.19. The largest absolute Gasteiger partial charge is 0.497 e. The lowest BCUT2D eigenvalue weighted by atomic mass is 10.1. The molecule has 0 unspecified atom stereocenters. The fourth-order valence-electron chi connectivity index (χ4n) is 3.00. The second-order valence-electron chi connectivity index (χ2n) is 6.49. The minimum absolute atomic E-state index is 0.290. The zero-order valence-corrected chi connectivity index (χ0v) is 16.8. The standard InChI is InChI=1S/C23H20N2O5/c1-27-17-7-4-14(5-8-17)23-25-20-9-6-16(12-21(20)30-23)24-22(26)15-10-18(28-2)13-19(11-15)29-3/h4-13H,1-3H3,(H,24,26). The van der Waals surface area contributed by atoms with Gasteiger partial charge in [-0.1, -0.05) is 0 Å². The van der Waals surface area contributed by atoms with E-state index in [1.807, 2.05) is 24.3 Å². The predicted octanol–water partition coefficient (Wildman–Crippen LogP) is 4.77. The number of oxazole rings is 1. The number of nitrogens with one attached hydrogen (secondary N) is 1. The Kier molecular flexibility index (Phi) is 5.26. The number of aromatic nitrogens is 1. The van der Waals surface area contributed by atoms with Gasteiger partial charge in [-0.2, -0.15) is 0 Å². The molecule has 0 atom stereocenters. The maximum absolute atomic E-state index is 12.7. The Hall–Kier alpha value is -4.00. The summed E-state index contributed by atoms with van der Waals surface area (Å²) < 4.78 is 21.5. The Bertz CT molecular complexity index is 1180. The number of carbonyl (C=O) groups excluding carboxylic acids is 1. The third-order valence-electron chi connectivity index (χ3n) is 4.60. The summed E-state index contributed by atoms with van der Waals surface area (Å²) >= 11 is 0. The molecule has 0 saturated carbocycles. The molecule has 152 valence electrons. The second-order valence-corrected chi connectivity index (χ2v) is 6.49. The highest BCUT2D eigenvalue weighted by molar-refractivity contribution is 6.05. The van der Waals surface area contributed by atoms with Crippen molar-refractivity contribution < 1.29 is 23.4 Å². The fraction of sp³-hybridized carbons (Fsp3) is 0.130. The van der Waals surface area contributed by atoms with Gasteiger partial charge in [0, 0.05) is 28.9 Å². The summed E-state index contributed by atoms with van der Waals surface area (Å²) in [5.74, 6) is 2.03. The molecule has 1 amide bonds. The number of nitrogens with zero attached hydrogens (tertiary/aromatic N) is 1. The number of fused-ring (bicyclic) bond motifs is 1. The molecule has 0 spiro atoms. The molecule has 1 heterocycles. The number of amides is 1. The molecule has 0 saturated heterocycles. The number of ether oxygens (including phenoxy) is 3. The van der Waals surface area contributed by atoms with Gasteiger partial charge >= 0.3 is 0 Å². The van der Waals surface area contributed by atoms with Crippen LogP contribution in [0.5, 0.6) is 17.2 Å². The summed E-state index contributed by atoms with van der Waals surface area (Å²) in [6.45, 7) is 0. The van der Waals surface area contributed by atoms with Crippen molar-refractivity contribution in [3.05, 3.63) is 66.2 Å². The van der Waals surface area contributed by atoms with Crippen LogP contribution < -0.4 is 19.5 Å². The fourth-order valence-corrected chi connectivity index (χ4v) is 3.00. The Morgan fingerprint density at radius 1 is 0.833 bits per heavy atom. The Balaban J connectivity index is 1.58. The summed E-state index contributed by atoms with van der Waals surface area (Å²) in [6, 6.07) is 17.8. The Labute approximate surface area is 173 Å². The zero-order chi connectivity index (χ0) is 21.1. The van der Waals surface area contributed by atoms with Crippen molar-refractivity contribution in [3.63, 3.8) is 0 Å². The van der Waals surface area contributed by atoms with Gasteiger partial charge in [0.25, 0.3) is 5.91 Å². The lowest BCUT2D eigenvalue weighted by Crippen LogP contribution is -2.12. The van der Waals surface area contributed by atoms with Crippen LogP contribution in [0.2, 0.25) is 0 Å². The monoisotopic (exact) mass is 404 g/mol. The van der Waals surface area contributed by atoms with Crippen molar-refractivity contribution in [2.75, 3.05) is 26.6 Å². The van der Waals surface area contributed by atoms with Crippen molar-refractivity contribution >= 4 is 22.7 Å². The third kappa shape index (κ3) is 3.91. The molecule has 7 nitrogen and oxygen atoms in total. The topological polar surface area (TPSA) is 82.8 Å². The first-order valence-electron chi connectivity index (χ1n) is 9.19. The second kappa shape index (κ2) is 8.16. The lowest BCUT2D eigenvalue weighted by Gasteiger charge is -2.09. The van der Waals surface area contributed by atoms with Crippen LogP contribution in [0.25, 0.3) is 22.6 Å². The van der Waals surface area contributed by atoms with E-state index in [0.717, 1.165) is 11.3 Å². The van der Waals surface area contributed by atoms with Gasteiger partial charge in [-0.15, -0.1) is 0 Å². The number of benzene rings is 3. The van der Waals surface area contributed by atoms with Gasteiger partial charge in [0.1, 0.15) is 22.8 Å². The molecule has 0 aliphatic rings. The molecule has 0 radical (unpaired) electrons. The van der Waals surface area contributed by atoms with Gasteiger partial charge in [0.15, 0.2) is 5.58 Å². The van der Waals surface area contributed by atoms with E-state index < -0.39 is 0 Å². The molecule has 30 heavy (non-hydrogen) atoms. The maximum atomic E-state index is 12.7. The highest BCUT2D eigenvalue weighted by atomic mass is 16.5.